The number of imidazole rings is 1. The van der Waals surface area contributed by atoms with Gasteiger partial charge in [-0.15, -0.1) is 0 Å². The fraction of sp³-hybridized carbons (Fsp3) is 0.286. The van der Waals surface area contributed by atoms with Crippen LogP contribution in [0.5, 0.6) is 0 Å². The highest BCUT2D eigenvalue weighted by Crippen LogP contribution is 2.29. The van der Waals surface area contributed by atoms with Crippen molar-refractivity contribution in [2.45, 2.75) is 33.2 Å². The Bertz CT molecular complexity index is 1320. The summed E-state index contributed by atoms with van der Waals surface area (Å²) in [4.78, 5) is 20.2. The van der Waals surface area contributed by atoms with Gasteiger partial charge >= 0.3 is 0 Å². The summed E-state index contributed by atoms with van der Waals surface area (Å²) in [7, 11) is 0. The maximum Gasteiger partial charge on any atom is 0.227 e. The van der Waals surface area contributed by atoms with Crippen LogP contribution >= 0.6 is 0 Å². The lowest BCUT2D eigenvalue weighted by atomic mass is 9.95. The Morgan fingerprint density at radius 3 is 2.44 bits per heavy atom. The third-order valence-corrected chi connectivity index (χ3v) is 6.74. The van der Waals surface area contributed by atoms with Gasteiger partial charge in [0.25, 0.3) is 0 Å². The molecule has 0 aliphatic carbocycles. The van der Waals surface area contributed by atoms with Gasteiger partial charge in [0.05, 0.1) is 17.6 Å². The molecule has 34 heavy (non-hydrogen) atoms. The maximum atomic E-state index is 13.8. The lowest BCUT2D eigenvalue weighted by Crippen LogP contribution is -2.39. The van der Waals surface area contributed by atoms with E-state index in [-0.39, 0.29) is 17.6 Å². The predicted octanol–water partition coefficient (Wildman–Crippen LogP) is 5.70. The number of hydrogen-bond donors (Lipinski definition) is 1. The molecule has 6 heteroatoms. The number of nitrogens with one attached hydrogen (secondary N) is 1. The van der Waals surface area contributed by atoms with E-state index < -0.39 is 0 Å². The summed E-state index contributed by atoms with van der Waals surface area (Å²) < 4.78 is 16.0. The molecule has 1 N–H and O–H groups in total. The number of anilines is 2. The average molecular weight is 457 g/mol. The molecule has 0 bridgehead atoms. The molecular weight excluding hydrogens is 427 g/mol. The molecule has 0 atom stereocenters. The fourth-order valence-electron chi connectivity index (χ4n) is 4.86. The van der Waals surface area contributed by atoms with E-state index in [9.17, 15) is 9.18 Å². The number of carbonyl (C=O) groups is 1. The third kappa shape index (κ3) is 4.40. The minimum absolute atomic E-state index is 0.0312. The highest BCUT2D eigenvalue weighted by molar-refractivity contribution is 5.94. The van der Waals surface area contributed by atoms with Gasteiger partial charge in [0.2, 0.25) is 11.9 Å². The minimum atomic E-state index is -0.237. The minimum Gasteiger partial charge on any atom is -0.342 e. The van der Waals surface area contributed by atoms with Gasteiger partial charge in [0.1, 0.15) is 5.82 Å². The topological polar surface area (TPSA) is 50.2 Å². The van der Waals surface area contributed by atoms with E-state index in [0.717, 1.165) is 65.3 Å². The molecule has 4 aromatic rings. The zero-order chi connectivity index (χ0) is 23.7. The number of piperidine rings is 1. The van der Waals surface area contributed by atoms with Gasteiger partial charge in [-0.05, 0) is 67.6 Å². The number of carbonyl (C=O) groups excluding carboxylic acids is 1. The molecule has 0 saturated carbocycles. The summed E-state index contributed by atoms with van der Waals surface area (Å²) in [6, 6.07) is 20.8. The number of nitrogens with zero attached hydrogens (tertiary/aromatic N) is 3. The molecule has 1 aliphatic rings. The molecule has 2 heterocycles. The predicted molar refractivity (Wildman–Crippen MR) is 135 cm³/mol. The summed E-state index contributed by atoms with van der Waals surface area (Å²) in [5, 5.41) is 3.16. The summed E-state index contributed by atoms with van der Waals surface area (Å²) in [5.41, 5.74) is 5.92. The largest absolute Gasteiger partial charge is 0.342 e. The molecule has 5 rings (SSSR count). The van der Waals surface area contributed by atoms with Crippen LogP contribution in [0.25, 0.3) is 11.0 Å². The second-order valence-electron chi connectivity index (χ2n) is 9.13. The number of fused-ring (bicyclic) bond motifs is 1. The van der Waals surface area contributed by atoms with E-state index in [1.165, 1.54) is 6.07 Å². The monoisotopic (exact) mass is 456 g/mol. The molecule has 0 unspecified atom stereocenters. The average Bonchev–Trinajstić information content (AvgIpc) is 3.20. The molecule has 0 radical (unpaired) electrons. The Kier molecular flexibility index (Phi) is 6.05. The number of hydrogen-bond acceptors (Lipinski definition) is 3. The first-order valence-electron chi connectivity index (χ1n) is 11.8. The van der Waals surface area contributed by atoms with Gasteiger partial charge in [0.15, 0.2) is 0 Å². The van der Waals surface area contributed by atoms with Gasteiger partial charge in [-0.2, -0.15) is 0 Å². The smallest absolute Gasteiger partial charge is 0.227 e. The van der Waals surface area contributed by atoms with Gasteiger partial charge in [-0.1, -0.05) is 42.5 Å². The Balaban J connectivity index is 1.34. The summed E-state index contributed by atoms with van der Waals surface area (Å²) in [5.74, 6) is 0.694. The van der Waals surface area contributed by atoms with Crippen LogP contribution < -0.4 is 10.2 Å². The summed E-state index contributed by atoms with van der Waals surface area (Å²) >= 11 is 0. The molecule has 5 nitrogen and oxygen atoms in total. The van der Waals surface area contributed by atoms with Crippen molar-refractivity contribution in [3.05, 3.63) is 89.2 Å². The molecule has 0 spiro atoms. The number of rotatable bonds is 5. The van der Waals surface area contributed by atoms with Crippen LogP contribution in [0, 0.1) is 25.6 Å². The molecule has 3 aromatic carbocycles. The lowest BCUT2D eigenvalue weighted by Gasteiger charge is -2.32. The van der Waals surface area contributed by atoms with E-state index in [1.807, 2.05) is 56.3 Å². The van der Waals surface area contributed by atoms with Crippen LogP contribution in [0.4, 0.5) is 16.0 Å². The maximum absolute atomic E-state index is 13.8. The van der Waals surface area contributed by atoms with E-state index in [2.05, 4.69) is 20.9 Å². The fourth-order valence-corrected chi connectivity index (χ4v) is 4.86. The van der Waals surface area contributed by atoms with Crippen molar-refractivity contribution in [2.75, 3.05) is 23.3 Å². The van der Waals surface area contributed by atoms with Crippen LogP contribution in [-0.2, 0) is 11.3 Å². The molecule has 174 valence electrons. The van der Waals surface area contributed by atoms with Crippen molar-refractivity contribution in [3.8, 4) is 0 Å². The molecule has 1 fully saturated rings. The zero-order valence-electron chi connectivity index (χ0n) is 19.6. The zero-order valence-corrected chi connectivity index (χ0v) is 19.6. The van der Waals surface area contributed by atoms with Crippen molar-refractivity contribution in [3.63, 3.8) is 0 Å². The van der Waals surface area contributed by atoms with Crippen molar-refractivity contribution in [1.82, 2.24) is 9.55 Å². The van der Waals surface area contributed by atoms with Gasteiger partial charge in [-0.3, -0.25) is 4.79 Å². The van der Waals surface area contributed by atoms with Crippen LogP contribution in [0.1, 0.15) is 29.5 Å². The van der Waals surface area contributed by atoms with Crippen LogP contribution in [0.2, 0.25) is 0 Å². The number of para-hydroxylation sites is 3. The van der Waals surface area contributed by atoms with Crippen molar-refractivity contribution >= 4 is 28.6 Å². The first-order valence-corrected chi connectivity index (χ1v) is 11.8. The van der Waals surface area contributed by atoms with E-state index >= 15 is 0 Å². The second-order valence-corrected chi connectivity index (χ2v) is 9.13. The SMILES string of the molecule is Cc1cccc(C)c1NC(=O)C1CCN(c2nc3ccccc3n2Cc2cccc(F)c2)CC1. The summed E-state index contributed by atoms with van der Waals surface area (Å²) in [6.45, 7) is 6.08. The molecule has 1 aliphatic heterocycles. The molecular formula is C28H29FN4O. The highest BCUT2D eigenvalue weighted by atomic mass is 19.1. The van der Waals surface area contributed by atoms with Crippen molar-refractivity contribution < 1.29 is 9.18 Å². The Labute approximate surface area is 199 Å². The third-order valence-electron chi connectivity index (χ3n) is 6.74. The number of aromatic nitrogens is 2. The quantitative estimate of drug-likeness (QED) is 0.419. The van der Waals surface area contributed by atoms with E-state index in [0.29, 0.717) is 6.54 Å². The number of amides is 1. The van der Waals surface area contributed by atoms with Gasteiger partial charge in [0, 0.05) is 24.7 Å². The number of halogens is 1. The van der Waals surface area contributed by atoms with Gasteiger partial charge in [-0.25, -0.2) is 9.37 Å². The first-order chi connectivity index (χ1) is 16.5. The van der Waals surface area contributed by atoms with E-state index in [1.54, 1.807) is 12.1 Å². The van der Waals surface area contributed by atoms with Crippen LogP contribution in [-0.4, -0.2) is 28.5 Å². The van der Waals surface area contributed by atoms with Crippen LogP contribution in [0.3, 0.4) is 0 Å². The molecule has 1 aromatic heterocycles. The van der Waals surface area contributed by atoms with Crippen molar-refractivity contribution in [2.24, 2.45) is 5.92 Å². The molecule has 1 amide bonds. The highest BCUT2D eigenvalue weighted by Gasteiger charge is 2.28. The van der Waals surface area contributed by atoms with Crippen LogP contribution in [0.15, 0.2) is 66.7 Å². The number of aryl methyl sites for hydroxylation is 2. The number of benzene rings is 3. The standard InChI is InChI=1S/C28H29FN4O/c1-19-7-5-8-20(2)26(19)31-27(34)22-13-15-32(16-14-22)28-30-24-11-3-4-12-25(24)33(28)18-21-9-6-10-23(29)17-21/h3-12,17,22H,13-16,18H2,1-2H3,(H,31,34). The van der Waals surface area contributed by atoms with E-state index in [4.69, 9.17) is 4.98 Å². The molecule has 1 saturated heterocycles. The van der Waals surface area contributed by atoms with Gasteiger partial charge < -0.3 is 14.8 Å². The first kappa shape index (κ1) is 22.1. The Morgan fingerprint density at radius 1 is 1.00 bits per heavy atom. The Morgan fingerprint density at radius 2 is 1.71 bits per heavy atom. The lowest BCUT2D eigenvalue weighted by molar-refractivity contribution is -0.120. The Hall–Kier alpha value is -3.67. The summed E-state index contributed by atoms with van der Waals surface area (Å²) in [6.07, 6.45) is 1.53. The second kappa shape index (κ2) is 9.29. The van der Waals surface area contributed by atoms with Crippen molar-refractivity contribution in [1.29, 1.82) is 0 Å². The normalized spacial score (nSPS) is 14.5.